The molecule has 3 aromatic rings. The first kappa shape index (κ1) is 30.9. The minimum absolute atomic E-state index is 0.138. The van der Waals surface area contributed by atoms with Gasteiger partial charge in [0.05, 0.1) is 23.3 Å². The van der Waals surface area contributed by atoms with E-state index >= 15 is 0 Å². The van der Waals surface area contributed by atoms with E-state index < -0.39 is 11.7 Å². The summed E-state index contributed by atoms with van der Waals surface area (Å²) in [5, 5.41) is 20.9. The second kappa shape index (κ2) is 14.2. The molecule has 0 unspecified atom stereocenters. The van der Waals surface area contributed by atoms with E-state index in [0.717, 1.165) is 13.0 Å². The van der Waals surface area contributed by atoms with Crippen molar-refractivity contribution in [1.82, 2.24) is 15.1 Å². The molecule has 222 valence electrons. The van der Waals surface area contributed by atoms with Crippen molar-refractivity contribution >= 4 is 12.0 Å². The van der Waals surface area contributed by atoms with Crippen LogP contribution in [0, 0.1) is 22.7 Å². The Morgan fingerprint density at radius 1 is 0.791 bits per heavy atom. The summed E-state index contributed by atoms with van der Waals surface area (Å²) in [6, 6.07) is 22.6. The van der Waals surface area contributed by atoms with Crippen LogP contribution in [0.2, 0.25) is 0 Å². The maximum Gasteiger partial charge on any atom is 0.407 e. The van der Waals surface area contributed by atoms with E-state index in [1.54, 1.807) is 66.7 Å². The third-order valence-corrected chi connectivity index (χ3v) is 6.54. The van der Waals surface area contributed by atoms with Gasteiger partial charge >= 0.3 is 6.09 Å². The topological polar surface area (TPSA) is 128 Å². The molecule has 4 rings (SSSR count). The number of carbonyl (C=O) groups excluding carboxylic acids is 2. The lowest BCUT2D eigenvalue weighted by Crippen LogP contribution is -2.49. The van der Waals surface area contributed by atoms with Gasteiger partial charge in [0, 0.05) is 44.4 Å². The summed E-state index contributed by atoms with van der Waals surface area (Å²) in [6.07, 6.45) is 0.355. The highest BCUT2D eigenvalue weighted by Gasteiger charge is 2.23. The molecule has 0 atom stereocenters. The van der Waals surface area contributed by atoms with Gasteiger partial charge in [0.2, 0.25) is 0 Å². The average molecular weight is 582 g/mol. The molecule has 1 aliphatic rings. The molecular formula is C33H35N5O5. The van der Waals surface area contributed by atoms with Gasteiger partial charge in [-0.1, -0.05) is 0 Å². The molecule has 0 aliphatic carbocycles. The lowest BCUT2D eigenvalue weighted by molar-refractivity contribution is 0.0518. The van der Waals surface area contributed by atoms with E-state index in [1.165, 1.54) is 0 Å². The van der Waals surface area contributed by atoms with Crippen LogP contribution < -0.4 is 14.8 Å². The van der Waals surface area contributed by atoms with Crippen LogP contribution in [0.5, 0.6) is 23.0 Å². The third kappa shape index (κ3) is 9.49. The second-order valence-corrected chi connectivity index (χ2v) is 11.1. The largest absolute Gasteiger partial charge is 0.457 e. The van der Waals surface area contributed by atoms with Crippen LogP contribution in [-0.2, 0) is 4.74 Å². The standard InChI is InChI=1S/C33H35N5O5/c1-33(2,3)43-32(40)36-13-4-14-37-15-17-38(18-16-37)31(39)26-19-29(41-27-9-5-24(22-34)6-10-27)21-30(20-26)42-28-11-7-25(23-35)8-12-28/h5-12,19-21H,4,13-18H2,1-3H3,(H,36,40). The Morgan fingerprint density at radius 2 is 1.30 bits per heavy atom. The lowest BCUT2D eigenvalue weighted by Gasteiger charge is -2.35. The van der Waals surface area contributed by atoms with Crippen molar-refractivity contribution in [3.8, 4) is 35.1 Å². The summed E-state index contributed by atoms with van der Waals surface area (Å²) < 4.78 is 17.3. The van der Waals surface area contributed by atoms with E-state index in [9.17, 15) is 9.59 Å². The summed E-state index contributed by atoms with van der Waals surface area (Å²) in [5.74, 6) is 1.72. The first-order chi connectivity index (χ1) is 20.6. The normalized spacial score (nSPS) is 13.4. The third-order valence-electron chi connectivity index (χ3n) is 6.54. The number of hydrogen-bond donors (Lipinski definition) is 1. The van der Waals surface area contributed by atoms with Crippen LogP contribution in [0.4, 0.5) is 4.79 Å². The number of nitrogens with one attached hydrogen (secondary N) is 1. The first-order valence-corrected chi connectivity index (χ1v) is 14.1. The molecule has 2 amide bonds. The Kier molecular flexibility index (Phi) is 10.2. The molecule has 0 saturated carbocycles. The minimum atomic E-state index is -0.529. The number of hydrogen-bond acceptors (Lipinski definition) is 8. The zero-order chi connectivity index (χ0) is 30.8. The number of nitriles is 2. The fourth-order valence-electron chi connectivity index (χ4n) is 4.44. The van der Waals surface area contributed by atoms with Crippen LogP contribution in [-0.4, -0.2) is 66.7 Å². The number of alkyl carbamates (subject to hydrolysis) is 1. The highest BCUT2D eigenvalue weighted by molar-refractivity contribution is 5.95. The van der Waals surface area contributed by atoms with Crippen LogP contribution in [0.15, 0.2) is 66.7 Å². The van der Waals surface area contributed by atoms with E-state index in [1.807, 2.05) is 25.7 Å². The molecular weight excluding hydrogens is 546 g/mol. The molecule has 10 nitrogen and oxygen atoms in total. The van der Waals surface area contributed by atoms with Gasteiger partial charge in [0.15, 0.2) is 0 Å². The number of piperazine rings is 1. The van der Waals surface area contributed by atoms with E-state index in [2.05, 4.69) is 22.4 Å². The van der Waals surface area contributed by atoms with Gasteiger partial charge in [-0.3, -0.25) is 9.69 Å². The molecule has 1 aliphatic heterocycles. The molecule has 1 fully saturated rings. The molecule has 0 radical (unpaired) electrons. The zero-order valence-electron chi connectivity index (χ0n) is 24.6. The Bertz CT molecular complexity index is 1420. The number of benzene rings is 3. The summed E-state index contributed by atoms with van der Waals surface area (Å²) in [5.41, 5.74) is 0.919. The van der Waals surface area contributed by atoms with Gasteiger partial charge in [0.1, 0.15) is 28.6 Å². The predicted molar refractivity (Wildman–Crippen MR) is 160 cm³/mol. The highest BCUT2D eigenvalue weighted by Crippen LogP contribution is 2.31. The predicted octanol–water partition coefficient (Wildman–Crippen LogP) is 5.69. The maximum absolute atomic E-state index is 13.6. The van der Waals surface area contributed by atoms with Crippen molar-refractivity contribution in [2.45, 2.75) is 32.8 Å². The Hall–Kier alpha value is -5.06. The van der Waals surface area contributed by atoms with Crippen LogP contribution >= 0.6 is 0 Å². The van der Waals surface area contributed by atoms with E-state index in [-0.39, 0.29) is 5.91 Å². The van der Waals surface area contributed by atoms with Crippen molar-refractivity contribution in [1.29, 1.82) is 10.5 Å². The zero-order valence-corrected chi connectivity index (χ0v) is 24.6. The molecule has 1 N–H and O–H groups in total. The summed E-state index contributed by atoms with van der Waals surface area (Å²) in [4.78, 5) is 29.5. The Labute approximate surface area is 252 Å². The Balaban J connectivity index is 1.40. The van der Waals surface area contributed by atoms with E-state index in [4.69, 9.17) is 24.7 Å². The number of ether oxygens (including phenoxy) is 3. The summed E-state index contributed by atoms with van der Waals surface area (Å²) in [7, 11) is 0. The second-order valence-electron chi connectivity index (χ2n) is 11.1. The van der Waals surface area contributed by atoms with Crippen molar-refractivity contribution in [2.75, 3.05) is 39.3 Å². The van der Waals surface area contributed by atoms with Crippen molar-refractivity contribution in [2.24, 2.45) is 0 Å². The molecule has 0 aromatic heterocycles. The Morgan fingerprint density at radius 3 is 1.77 bits per heavy atom. The highest BCUT2D eigenvalue weighted by atomic mass is 16.6. The molecule has 0 bridgehead atoms. The number of rotatable bonds is 9. The monoisotopic (exact) mass is 581 g/mol. The summed E-state index contributed by atoms with van der Waals surface area (Å²) >= 11 is 0. The van der Waals surface area contributed by atoms with Crippen molar-refractivity contribution in [3.05, 3.63) is 83.4 Å². The van der Waals surface area contributed by atoms with Crippen LogP contribution in [0.25, 0.3) is 0 Å². The van der Waals surface area contributed by atoms with Gasteiger partial charge in [-0.25, -0.2) is 4.79 Å². The fraction of sp³-hybridized carbons (Fsp3) is 0.333. The van der Waals surface area contributed by atoms with Crippen molar-refractivity contribution in [3.63, 3.8) is 0 Å². The molecule has 43 heavy (non-hydrogen) atoms. The van der Waals surface area contributed by atoms with Gasteiger partial charge < -0.3 is 24.4 Å². The summed E-state index contributed by atoms with van der Waals surface area (Å²) in [6.45, 7) is 9.36. The molecule has 3 aromatic carbocycles. The molecule has 10 heteroatoms. The van der Waals surface area contributed by atoms with Crippen LogP contribution in [0.3, 0.4) is 0 Å². The molecule has 1 saturated heterocycles. The number of nitrogens with zero attached hydrogens (tertiary/aromatic N) is 4. The quantitative estimate of drug-likeness (QED) is 0.319. The SMILES string of the molecule is CC(C)(C)OC(=O)NCCCN1CCN(C(=O)c2cc(Oc3ccc(C#N)cc3)cc(Oc3ccc(C#N)cc3)c2)CC1. The van der Waals surface area contributed by atoms with Gasteiger partial charge in [-0.05, 0) is 94.4 Å². The first-order valence-electron chi connectivity index (χ1n) is 14.1. The van der Waals surface area contributed by atoms with Gasteiger partial charge in [-0.15, -0.1) is 0 Å². The van der Waals surface area contributed by atoms with Crippen LogP contribution in [0.1, 0.15) is 48.7 Å². The van der Waals surface area contributed by atoms with Gasteiger partial charge in [-0.2, -0.15) is 10.5 Å². The van der Waals surface area contributed by atoms with E-state index in [0.29, 0.717) is 72.4 Å². The van der Waals surface area contributed by atoms with Gasteiger partial charge in [0.25, 0.3) is 5.91 Å². The smallest absolute Gasteiger partial charge is 0.407 e. The molecule has 1 heterocycles. The lowest BCUT2D eigenvalue weighted by atomic mass is 10.1. The number of amides is 2. The number of carbonyl (C=O) groups is 2. The average Bonchev–Trinajstić information content (AvgIpc) is 2.99. The van der Waals surface area contributed by atoms with Crippen molar-refractivity contribution < 1.29 is 23.8 Å². The molecule has 0 spiro atoms. The maximum atomic E-state index is 13.6. The fourth-order valence-corrected chi connectivity index (χ4v) is 4.44. The minimum Gasteiger partial charge on any atom is -0.457 e.